The van der Waals surface area contributed by atoms with Crippen LogP contribution in [0.2, 0.25) is 0 Å². The van der Waals surface area contributed by atoms with Gasteiger partial charge in [-0.2, -0.15) is 0 Å². The highest BCUT2D eigenvalue weighted by Gasteiger charge is 2.36. The molecule has 0 aromatic rings. The van der Waals surface area contributed by atoms with Gasteiger partial charge in [0.25, 0.3) is 0 Å². The summed E-state index contributed by atoms with van der Waals surface area (Å²) in [5.41, 5.74) is 0. The van der Waals surface area contributed by atoms with Crippen LogP contribution in [0.4, 0.5) is 0 Å². The minimum Gasteiger partial charge on any atom is -0.481 e. The van der Waals surface area contributed by atoms with Gasteiger partial charge in [-0.05, 0) is 12.8 Å². The van der Waals surface area contributed by atoms with Crippen molar-refractivity contribution in [2.75, 3.05) is 0 Å². The molecule has 10 heteroatoms. The Morgan fingerprint density at radius 3 is 1.65 bits per heavy atom. The number of rotatable bonds is 5. The standard InChI is InChI=1S/C7H14N2O8/c10-7(11)4-1-5(16-8(12)13)3-6(2-4)17-9(14)15/h4-6,12-15H,1-3H2,(H,10,11)/t4-,5+,6-. The Bertz CT molecular complexity index is 242. The van der Waals surface area contributed by atoms with Crippen molar-refractivity contribution in [2.45, 2.75) is 31.5 Å². The van der Waals surface area contributed by atoms with Crippen molar-refractivity contribution in [3.05, 3.63) is 0 Å². The first-order valence-corrected chi connectivity index (χ1v) is 4.80. The summed E-state index contributed by atoms with van der Waals surface area (Å²) in [6, 6.07) is 0. The average molecular weight is 254 g/mol. The zero-order valence-corrected chi connectivity index (χ0v) is 8.71. The van der Waals surface area contributed by atoms with Crippen molar-refractivity contribution in [2.24, 2.45) is 5.92 Å². The van der Waals surface area contributed by atoms with E-state index in [-0.39, 0.29) is 19.3 Å². The fourth-order valence-electron chi connectivity index (χ4n) is 1.86. The molecule has 0 unspecified atom stereocenters. The first-order valence-electron chi connectivity index (χ1n) is 4.80. The Balaban J connectivity index is 2.59. The molecule has 0 aliphatic heterocycles. The summed E-state index contributed by atoms with van der Waals surface area (Å²) in [6.45, 7) is 0. The van der Waals surface area contributed by atoms with Gasteiger partial charge < -0.3 is 5.11 Å². The van der Waals surface area contributed by atoms with Crippen LogP contribution >= 0.6 is 0 Å². The molecule has 0 amide bonds. The van der Waals surface area contributed by atoms with E-state index in [1.54, 1.807) is 0 Å². The fraction of sp³-hybridized carbons (Fsp3) is 0.857. The van der Waals surface area contributed by atoms with Gasteiger partial charge in [-0.3, -0.25) is 25.6 Å². The fourth-order valence-corrected chi connectivity index (χ4v) is 1.86. The van der Waals surface area contributed by atoms with Crippen LogP contribution in [-0.4, -0.2) is 54.9 Å². The lowest BCUT2D eigenvalue weighted by molar-refractivity contribution is -0.520. The van der Waals surface area contributed by atoms with E-state index in [4.69, 9.17) is 25.9 Å². The van der Waals surface area contributed by atoms with E-state index in [0.29, 0.717) is 0 Å². The van der Waals surface area contributed by atoms with Gasteiger partial charge in [-0.25, -0.2) is 9.68 Å². The van der Waals surface area contributed by atoms with Gasteiger partial charge in [0.05, 0.1) is 28.9 Å². The van der Waals surface area contributed by atoms with Crippen LogP contribution in [0.1, 0.15) is 19.3 Å². The van der Waals surface area contributed by atoms with Crippen molar-refractivity contribution in [3.8, 4) is 0 Å². The smallest absolute Gasteiger partial charge is 0.306 e. The van der Waals surface area contributed by atoms with Gasteiger partial charge in [0.1, 0.15) is 0 Å². The first-order chi connectivity index (χ1) is 7.88. The number of nitrogens with zero attached hydrogens (tertiary/aromatic N) is 2. The van der Waals surface area contributed by atoms with Crippen LogP contribution < -0.4 is 0 Å². The van der Waals surface area contributed by atoms with Crippen LogP contribution in [0.3, 0.4) is 0 Å². The molecule has 3 atom stereocenters. The molecule has 0 heterocycles. The number of hydrogen-bond donors (Lipinski definition) is 5. The number of aliphatic carboxylic acids is 1. The molecule has 0 spiro atoms. The number of carboxylic acid groups (broad SMARTS) is 1. The summed E-state index contributed by atoms with van der Waals surface area (Å²) in [7, 11) is 0. The highest BCUT2D eigenvalue weighted by Crippen LogP contribution is 2.29. The number of carbonyl (C=O) groups is 1. The Morgan fingerprint density at radius 2 is 1.35 bits per heavy atom. The lowest BCUT2D eigenvalue weighted by Crippen LogP contribution is -2.40. The molecular formula is C7H14N2O8. The highest BCUT2D eigenvalue weighted by molar-refractivity contribution is 5.70. The van der Waals surface area contributed by atoms with Crippen molar-refractivity contribution >= 4 is 5.97 Å². The van der Waals surface area contributed by atoms with Crippen molar-refractivity contribution in [3.63, 3.8) is 0 Å². The zero-order chi connectivity index (χ0) is 13.0. The van der Waals surface area contributed by atoms with Crippen molar-refractivity contribution in [1.29, 1.82) is 0 Å². The topological polar surface area (TPSA) is 143 Å². The molecule has 100 valence electrons. The monoisotopic (exact) mass is 254 g/mol. The lowest BCUT2D eigenvalue weighted by atomic mass is 9.85. The first kappa shape index (κ1) is 14.2. The van der Waals surface area contributed by atoms with E-state index in [1.807, 2.05) is 0 Å². The van der Waals surface area contributed by atoms with Crippen LogP contribution in [-0.2, 0) is 14.5 Å². The summed E-state index contributed by atoms with van der Waals surface area (Å²) in [5, 5.41) is 41.7. The van der Waals surface area contributed by atoms with E-state index in [9.17, 15) is 4.79 Å². The van der Waals surface area contributed by atoms with Gasteiger partial charge in [-0.15, -0.1) is 0 Å². The van der Waals surface area contributed by atoms with Crippen LogP contribution in [0.15, 0.2) is 0 Å². The van der Waals surface area contributed by atoms with E-state index >= 15 is 0 Å². The summed E-state index contributed by atoms with van der Waals surface area (Å²) in [5.74, 6) is -1.93. The molecule has 5 N–H and O–H groups in total. The molecule has 0 aromatic carbocycles. The Labute approximate surface area is 95.5 Å². The lowest BCUT2D eigenvalue weighted by Gasteiger charge is -2.32. The Morgan fingerprint density at radius 1 is 0.941 bits per heavy atom. The number of carboxylic acids is 1. The molecule has 1 aliphatic carbocycles. The second-order valence-corrected chi connectivity index (χ2v) is 3.70. The average Bonchev–Trinajstić information content (AvgIpc) is 2.14. The van der Waals surface area contributed by atoms with Crippen LogP contribution in [0.25, 0.3) is 0 Å². The quantitative estimate of drug-likeness (QED) is 0.412. The van der Waals surface area contributed by atoms with E-state index in [0.717, 1.165) is 0 Å². The molecular weight excluding hydrogens is 240 g/mol. The molecule has 1 fully saturated rings. The SMILES string of the molecule is O=C(O)[C@@H]1C[C@H](ON(O)O)C[C@H](ON(O)O)C1. The Hall–Kier alpha value is -0.850. The minimum absolute atomic E-state index is 0.0592. The van der Waals surface area contributed by atoms with Gasteiger partial charge >= 0.3 is 5.97 Å². The minimum atomic E-state index is -1.10. The molecule has 0 bridgehead atoms. The molecule has 17 heavy (non-hydrogen) atoms. The third-order valence-electron chi connectivity index (χ3n) is 2.46. The summed E-state index contributed by atoms with van der Waals surface area (Å²) in [6.07, 6.45) is -1.43. The van der Waals surface area contributed by atoms with Crippen LogP contribution in [0, 0.1) is 5.92 Å². The third-order valence-corrected chi connectivity index (χ3v) is 2.46. The summed E-state index contributed by atoms with van der Waals surface area (Å²) < 4.78 is 0. The summed E-state index contributed by atoms with van der Waals surface area (Å²) in [4.78, 5) is 19.8. The molecule has 10 nitrogen and oxygen atoms in total. The molecule has 1 saturated carbocycles. The predicted octanol–water partition coefficient (Wildman–Crippen LogP) is -0.368. The van der Waals surface area contributed by atoms with Crippen molar-refractivity contribution < 1.29 is 40.4 Å². The molecule has 1 rings (SSSR count). The highest BCUT2D eigenvalue weighted by atomic mass is 17.1. The largest absolute Gasteiger partial charge is 0.481 e. The second kappa shape index (κ2) is 6.18. The molecule has 0 radical (unpaired) electrons. The van der Waals surface area contributed by atoms with E-state index < -0.39 is 34.9 Å². The van der Waals surface area contributed by atoms with Gasteiger partial charge in [0.15, 0.2) is 0 Å². The maximum absolute atomic E-state index is 10.8. The second-order valence-electron chi connectivity index (χ2n) is 3.70. The molecule has 0 saturated heterocycles. The van der Waals surface area contributed by atoms with E-state index in [2.05, 4.69) is 9.68 Å². The maximum atomic E-state index is 10.8. The predicted molar refractivity (Wildman–Crippen MR) is 45.5 cm³/mol. The Kier molecular flexibility index (Phi) is 5.17. The van der Waals surface area contributed by atoms with Crippen molar-refractivity contribution in [1.82, 2.24) is 10.8 Å². The van der Waals surface area contributed by atoms with E-state index in [1.165, 1.54) is 0 Å². The molecule has 0 aromatic heterocycles. The van der Waals surface area contributed by atoms with Crippen LogP contribution in [0.5, 0.6) is 0 Å². The normalized spacial score (nSPS) is 29.9. The summed E-state index contributed by atoms with van der Waals surface area (Å²) >= 11 is 0. The van der Waals surface area contributed by atoms with Gasteiger partial charge in [0, 0.05) is 6.42 Å². The van der Waals surface area contributed by atoms with Gasteiger partial charge in [-0.1, -0.05) is 0 Å². The zero-order valence-electron chi connectivity index (χ0n) is 8.71. The van der Waals surface area contributed by atoms with Gasteiger partial charge in [0.2, 0.25) is 0 Å². The molecule has 1 aliphatic rings. The number of hydrogen-bond acceptors (Lipinski definition) is 9. The maximum Gasteiger partial charge on any atom is 0.306 e. The third kappa shape index (κ3) is 4.89.